The van der Waals surface area contributed by atoms with Crippen molar-refractivity contribution >= 4 is 28.0 Å². The van der Waals surface area contributed by atoms with Crippen molar-refractivity contribution < 1.29 is 14.3 Å². The van der Waals surface area contributed by atoms with Crippen LogP contribution in [0, 0.1) is 0 Å². The van der Waals surface area contributed by atoms with Gasteiger partial charge in [0.2, 0.25) is 0 Å². The molecule has 0 saturated carbocycles. The van der Waals surface area contributed by atoms with Crippen LogP contribution in [-0.2, 0) is 9.53 Å². The van der Waals surface area contributed by atoms with Crippen LogP contribution in [0.15, 0.2) is 46.1 Å². The summed E-state index contributed by atoms with van der Waals surface area (Å²) in [5.74, 6) is -0.0214. The van der Waals surface area contributed by atoms with E-state index < -0.39 is 5.97 Å². The molecule has 0 amide bonds. The number of carbonyl (C=O) groups is 1. The van der Waals surface area contributed by atoms with E-state index in [0.29, 0.717) is 22.4 Å². The standard InChI is InChI=1S/C14H14BrN3O3/c1-3-7-21-13-6-5-10(8-11(13)15)9-12(17-18-16)14(19)20-4-2/h3,5-6,8-9H,1,4,7H2,2H3. The van der Waals surface area contributed by atoms with Gasteiger partial charge in [-0.25, -0.2) is 4.79 Å². The monoisotopic (exact) mass is 351 g/mol. The number of rotatable bonds is 7. The van der Waals surface area contributed by atoms with Crippen molar-refractivity contribution in [3.8, 4) is 5.75 Å². The van der Waals surface area contributed by atoms with Crippen molar-refractivity contribution in [1.82, 2.24) is 0 Å². The maximum absolute atomic E-state index is 11.6. The van der Waals surface area contributed by atoms with Gasteiger partial charge in [-0.2, -0.15) is 0 Å². The molecule has 21 heavy (non-hydrogen) atoms. The summed E-state index contributed by atoms with van der Waals surface area (Å²) in [6.45, 7) is 5.84. The van der Waals surface area contributed by atoms with Gasteiger partial charge in [0.05, 0.1) is 11.1 Å². The van der Waals surface area contributed by atoms with Gasteiger partial charge in [0.25, 0.3) is 0 Å². The smallest absolute Gasteiger partial charge is 0.340 e. The summed E-state index contributed by atoms with van der Waals surface area (Å²) in [5.41, 5.74) is 9.06. The predicted octanol–water partition coefficient (Wildman–Crippen LogP) is 4.23. The molecule has 0 radical (unpaired) electrons. The van der Waals surface area contributed by atoms with Gasteiger partial charge in [-0.1, -0.05) is 23.8 Å². The lowest BCUT2D eigenvalue weighted by molar-refractivity contribution is -0.138. The molecule has 0 atom stereocenters. The van der Waals surface area contributed by atoms with Gasteiger partial charge >= 0.3 is 5.97 Å². The van der Waals surface area contributed by atoms with Crippen LogP contribution >= 0.6 is 15.9 Å². The van der Waals surface area contributed by atoms with Gasteiger partial charge in [-0.05, 0) is 52.2 Å². The first-order valence-electron chi connectivity index (χ1n) is 6.09. The topological polar surface area (TPSA) is 84.3 Å². The minimum atomic E-state index is -0.668. The molecule has 0 aliphatic rings. The average molecular weight is 352 g/mol. The Morgan fingerprint density at radius 2 is 2.33 bits per heavy atom. The van der Waals surface area contributed by atoms with Crippen LogP contribution in [0.25, 0.3) is 16.5 Å². The molecule has 1 rings (SSSR count). The van der Waals surface area contributed by atoms with Crippen LogP contribution in [0.5, 0.6) is 5.75 Å². The first kappa shape index (κ1) is 16.8. The van der Waals surface area contributed by atoms with Gasteiger partial charge < -0.3 is 9.47 Å². The molecule has 0 spiro atoms. The van der Waals surface area contributed by atoms with Gasteiger partial charge in [0.15, 0.2) is 0 Å². The normalized spacial score (nSPS) is 10.5. The minimum absolute atomic E-state index is 0.106. The molecule has 7 heteroatoms. The number of ether oxygens (including phenoxy) is 2. The van der Waals surface area contributed by atoms with Crippen LogP contribution < -0.4 is 4.74 Å². The van der Waals surface area contributed by atoms with Crippen LogP contribution in [0.4, 0.5) is 0 Å². The molecule has 1 aromatic carbocycles. The Balaban J connectivity index is 3.05. The van der Waals surface area contributed by atoms with Crippen molar-refractivity contribution in [1.29, 1.82) is 0 Å². The molecular formula is C14H14BrN3O3. The molecule has 0 heterocycles. The summed E-state index contributed by atoms with van der Waals surface area (Å²) in [6, 6.07) is 5.21. The number of hydrogen-bond donors (Lipinski definition) is 0. The van der Waals surface area contributed by atoms with Crippen LogP contribution in [0.2, 0.25) is 0 Å². The molecule has 1 aromatic rings. The summed E-state index contributed by atoms with van der Waals surface area (Å²) >= 11 is 3.37. The molecule has 0 saturated heterocycles. The van der Waals surface area contributed by atoms with E-state index in [1.807, 2.05) is 0 Å². The third-order valence-electron chi connectivity index (χ3n) is 2.25. The van der Waals surface area contributed by atoms with E-state index in [0.717, 1.165) is 0 Å². The number of carbonyl (C=O) groups excluding carboxylic acids is 1. The highest BCUT2D eigenvalue weighted by Gasteiger charge is 2.09. The molecule has 0 N–H and O–H groups in total. The van der Waals surface area contributed by atoms with E-state index in [4.69, 9.17) is 15.0 Å². The Hall–Kier alpha value is -2.24. The largest absolute Gasteiger partial charge is 0.488 e. The van der Waals surface area contributed by atoms with Gasteiger partial charge in [-0.15, -0.1) is 0 Å². The number of halogens is 1. The summed E-state index contributed by atoms with van der Waals surface area (Å²) in [7, 11) is 0. The van der Waals surface area contributed by atoms with E-state index in [1.54, 1.807) is 31.2 Å². The molecule has 0 aromatic heterocycles. The van der Waals surface area contributed by atoms with Crippen molar-refractivity contribution in [2.45, 2.75) is 6.92 Å². The Bertz CT molecular complexity index is 607. The van der Waals surface area contributed by atoms with E-state index in [-0.39, 0.29) is 12.3 Å². The Morgan fingerprint density at radius 1 is 1.57 bits per heavy atom. The lowest BCUT2D eigenvalue weighted by Gasteiger charge is -2.07. The van der Waals surface area contributed by atoms with Crippen molar-refractivity contribution in [3.05, 3.63) is 57.0 Å². The summed E-state index contributed by atoms with van der Waals surface area (Å²) in [5, 5.41) is 3.35. The number of benzene rings is 1. The maximum atomic E-state index is 11.6. The second kappa shape index (κ2) is 8.84. The van der Waals surface area contributed by atoms with Gasteiger partial charge in [0, 0.05) is 4.91 Å². The Kier molecular flexibility index (Phi) is 7.08. The van der Waals surface area contributed by atoms with Crippen LogP contribution in [0.3, 0.4) is 0 Å². The minimum Gasteiger partial charge on any atom is -0.488 e. The zero-order valence-electron chi connectivity index (χ0n) is 11.5. The zero-order chi connectivity index (χ0) is 15.7. The number of hydrogen-bond acceptors (Lipinski definition) is 4. The van der Waals surface area contributed by atoms with Crippen molar-refractivity contribution in [3.63, 3.8) is 0 Å². The van der Waals surface area contributed by atoms with E-state index >= 15 is 0 Å². The summed E-state index contributed by atoms with van der Waals surface area (Å²) in [4.78, 5) is 14.3. The fraction of sp³-hybridized carbons (Fsp3) is 0.214. The molecule has 0 aliphatic heterocycles. The molecule has 6 nitrogen and oxygen atoms in total. The second-order valence-electron chi connectivity index (χ2n) is 3.73. The second-order valence-corrected chi connectivity index (χ2v) is 4.58. The van der Waals surface area contributed by atoms with E-state index in [2.05, 4.69) is 32.5 Å². The Morgan fingerprint density at radius 3 is 2.90 bits per heavy atom. The quantitative estimate of drug-likeness (QED) is 0.184. The van der Waals surface area contributed by atoms with E-state index in [9.17, 15) is 4.79 Å². The van der Waals surface area contributed by atoms with Crippen molar-refractivity contribution in [2.24, 2.45) is 5.11 Å². The predicted molar refractivity (Wildman–Crippen MR) is 83.6 cm³/mol. The fourth-order valence-corrected chi connectivity index (χ4v) is 1.92. The third-order valence-corrected chi connectivity index (χ3v) is 2.87. The SMILES string of the molecule is C=CCOc1ccc(C=C(N=[N+]=[N-])C(=O)OCC)cc1Br. The molecular weight excluding hydrogens is 338 g/mol. The van der Waals surface area contributed by atoms with Crippen molar-refractivity contribution in [2.75, 3.05) is 13.2 Å². The summed E-state index contributed by atoms with van der Waals surface area (Å²) < 4.78 is 10.9. The molecule has 0 bridgehead atoms. The maximum Gasteiger partial charge on any atom is 0.340 e. The molecule has 0 fully saturated rings. The fourth-order valence-electron chi connectivity index (χ4n) is 1.41. The highest BCUT2D eigenvalue weighted by molar-refractivity contribution is 9.10. The lowest BCUT2D eigenvalue weighted by atomic mass is 10.2. The highest BCUT2D eigenvalue weighted by atomic mass is 79.9. The van der Waals surface area contributed by atoms with Crippen LogP contribution in [-0.4, -0.2) is 19.2 Å². The van der Waals surface area contributed by atoms with Gasteiger partial charge in [0.1, 0.15) is 18.1 Å². The zero-order valence-corrected chi connectivity index (χ0v) is 13.0. The van der Waals surface area contributed by atoms with E-state index in [1.165, 1.54) is 6.08 Å². The molecule has 0 aliphatic carbocycles. The lowest BCUT2D eigenvalue weighted by Crippen LogP contribution is -2.05. The average Bonchev–Trinajstić information content (AvgIpc) is 2.46. The third kappa shape index (κ3) is 5.33. The first-order chi connectivity index (χ1) is 10.1. The molecule has 110 valence electrons. The first-order valence-corrected chi connectivity index (χ1v) is 6.88. The summed E-state index contributed by atoms with van der Waals surface area (Å²) in [6.07, 6.45) is 3.08. The van der Waals surface area contributed by atoms with Crippen LogP contribution in [0.1, 0.15) is 12.5 Å². The number of nitrogens with zero attached hydrogens (tertiary/aromatic N) is 3. The number of esters is 1. The van der Waals surface area contributed by atoms with Gasteiger partial charge in [-0.3, -0.25) is 0 Å². The molecule has 0 unspecified atom stereocenters. The Labute approximate surface area is 130 Å². The number of azide groups is 1. The highest BCUT2D eigenvalue weighted by Crippen LogP contribution is 2.27.